The van der Waals surface area contributed by atoms with Gasteiger partial charge in [0.1, 0.15) is 11.5 Å². The number of carbonyl (C=O) groups is 1. The number of hydrogen-bond donors (Lipinski definition) is 4. The summed E-state index contributed by atoms with van der Waals surface area (Å²) in [7, 11) is 0. The molecule has 0 fully saturated rings. The minimum Gasteiger partial charge on any atom is -0.457 e. The molecule has 0 aliphatic heterocycles. The Labute approximate surface area is 227 Å². The SMILES string of the molecule is Cc1csc(NC(=O)Nc2cccc(-c3cc(-c4ccc(Oc5ccccc5)cc4)c4c(N)n[nH]c4n3)c2)n1. The van der Waals surface area contributed by atoms with Crippen LogP contribution >= 0.6 is 11.3 Å². The highest BCUT2D eigenvalue weighted by molar-refractivity contribution is 7.13. The van der Waals surface area contributed by atoms with Gasteiger partial charge >= 0.3 is 6.03 Å². The van der Waals surface area contributed by atoms with Crippen molar-refractivity contribution in [2.75, 3.05) is 16.4 Å². The number of ether oxygens (including phenoxy) is 1. The third-order valence-corrected chi connectivity index (χ3v) is 6.83. The van der Waals surface area contributed by atoms with Crippen LogP contribution in [0.1, 0.15) is 5.69 Å². The number of nitrogen functional groups attached to an aromatic ring is 1. The largest absolute Gasteiger partial charge is 0.457 e. The van der Waals surface area contributed by atoms with Gasteiger partial charge < -0.3 is 15.8 Å². The Morgan fingerprint density at radius 1 is 0.897 bits per heavy atom. The molecule has 0 aliphatic rings. The number of pyridine rings is 1. The first-order valence-electron chi connectivity index (χ1n) is 12.1. The molecule has 10 heteroatoms. The molecular weight excluding hydrogens is 510 g/mol. The highest BCUT2D eigenvalue weighted by Crippen LogP contribution is 2.35. The summed E-state index contributed by atoms with van der Waals surface area (Å²) in [6.07, 6.45) is 0. The lowest BCUT2D eigenvalue weighted by Crippen LogP contribution is -2.19. The van der Waals surface area contributed by atoms with Gasteiger partial charge in [-0.15, -0.1) is 11.3 Å². The average Bonchev–Trinajstić information content (AvgIpc) is 3.53. The maximum absolute atomic E-state index is 12.5. The van der Waals surface area contributed by atoms with Crippen LogP contribution in [0.5, 0.6) is 11.5 Å². The topological polar surface area (TPSA) is 131 Å². The van der Waals surface area contributed by atoms with Crippen LogP contribution in [-0.4, -0.2) is 26.2 Å². The molecule has 0 bridgehead atoms. The Balaban J connectivity index is 1.30. The van der Waals surface area contributed by atoms with E-state index in [0.29, 0.717) is 28.0 Å². The van der Waals surface area contributed by atoms with E-state index in [1.807, 2.05) is 97.2 Å². The highest BCUT2D eigenvalue weighted by atomic mass is 32.1. The van der Waals surface area contributed by atoms with Crippen molar-refractivity contribution in [2.45, 2.75) is 6.92 Å². The number of para-hydroxylation sites is 1. The number of urea groups is 1. The zero-order chi connectivity index (χ0) is 26.8. The zero-order valence-electron chi connectivity index (χ0n) is 20.8. The number of anilines is 3. The second-order valence-corrected chi connectivity index (χ2v) is 9.64. The van der Waals surface area contributed by atoms with Gasteiger partial charge in [-0.3, -0.25) is 10.4 Å². The van der Waals surface area contributed by atoms with Gasteiger partial charge in [0.05, 0.1) is 16.8 Å². The van der Waals surface area contributed by atoms with E-state index in [0.717, 1.165) is 39.3 Å². The van der Waals surface area contributed by atoms with E-state index in [1.54, 1.807) is 0 Å². The molecule has 0 spiro atoms. The molecule has 3 aromatic heterocycles. The monoisotopic (exact) mass is 533 g/mol. The fraction of sp³-hybridized carbons (Fsp3) is 0.0345. The van der Waals surface area contributed by atoms with E-state index in [2.05, 4.69) is 25.8 Å². The van der Waals surface area contributed by atoms with Crippen molar-refractivity contribution in [3.8, 4) is 33.9 Å². The summed E-state index contributed by atoms with van der Waals surface area (Å²) in [5.41, 5.74) is 11.6. The minimum absolute atomic E-state index is 0.369. The summed E-state index contributed by atoms with van der Waals surface area (Å²) in [6, 6.07) is 26.5. The van der Waals surface area contributed by atoms with E-state index in [-0.39, 0.29) is 6.03 Å². The first-order chi connectivity index (χ1) is 19.0. The number of nitrogens with zero attached hydrogens (tertiary/aromatic N) is 3. The van der Waals surface area contributed by atoms with Gasteiger partial charge in [0.2, 0.25) is 0 Å². The molecule has 5 N–H and O–H groups in total. The lowest BCUT2D eigenvalue weighted by atomic mass is 10.00. The fourth-order valence-electron chi connectivity index (χ4n) is 4.18. The van der Waals surface area contributed by atoms with Crippen molar-refractivity contribution in [3.63, 3.8) is 0 Å². The van der Waals surface area contributed by atoms with Crippen LogP contribution in [0.15, 0.2) is 90.3 Å². The number of rotatable bonds is 6. The van der Waals surface area contributed by atoms with Gasteiger partial charge in [0.25, 0.3) is 0 Å². The van der Waals surface area contributed by atoms with Gasteiger partial charge in [-0.2, -0.15) is 5.10 Å². The van der Waals surface area contributed by atoms with Crippen molar-refractivity contribution in [3.05, 3.63) is 96.0 Å². The number of fused-ring (bicyclic) bond motifs is 1. The summed E-state index contributed by atoms with van der Waals surface area (Å²) in [5, 5.41) is 15.9. The maximum atomic E-state index is 12.5. The molecule has 6 rings (SSSR count). The first-order valence-corrected chi connectivity index (χ1v) is 13.0. The molecule has 0 atom stereocenters. The Kier molecular flexibility index (Phi) is 6.36. The van der Waals surface area contributed by atoms with Crippen LogP contribution in [0, 0.1) is 6.92 Å². The lowest BCUT2D eigenvalue weighted by Gasteiger charge is -2.11. The smallest absolute Gasteiger partial charge is 0.325 e. The maximum Gasteiger partial charge on any atom is 0.325 e. The lowest BCUT2D eigenvalue weighted by molar-refractivity contribution is 0.262. The molecule has 39 heavy (non-hydrogen) atoms. The van der Waals surface area contributed by atoms with E-state index < -0.39 is 0 Å². The summed E-state index contributed by atoms with van der Waals surface area (Å²) >= 11 is 1.37. The number of hydrogen-bond acceptors (Lipinski definition) is 7. The fourth-order valence-corrected chi connectivity index (χ4v) is 4.87. The van der Waals surface area contributed by atoms with Crippen molar-refractivity contribution in [2.24, 2.45) is 0 Å². The first kappa shape index (κ1) is 24.1. The Morgan fingerprint density at radius 2 is 1.69 bits per heavy atom. The van der Waals surface area contributed by atoms with Gasteiger partial charge in [0, 0.05) is 16.6 Å². The number of aromatic amines is 1. The Hall–Kier alpha value is -5.22. The number of nitrogens with one attached hydrogen (secondary N) is 3. The summed E-state index contributed by atoms with van der Waals surface area (Å²) in [4.78, 5) is 21.5. The third kappa shape index (κ3) is 5.27. The van der Waals surface area contributed by atoms with E-state index in [1.165, 1.54) is 11.3 Å². The number of thiazole rings is 1. The van der Waals surface area contributed by atoms with Crippen molar-refractivity contribution in [1.82, 2.24) is 20.2 Å². The van der Waals surface area contributed by atoms with Gasteiger partial charge in [-0.05, 0) is 60.5 Å². The highest BCUT2D eigenvalue weighted by Gasteiger charge is 2.15. The number of nitrogens with two attached hydrogens (primary N) is 1. The molecule has 0 aliphatic carbocycles. The van der Waals surface area contributed by atoms with E-state index in [9.17, 15) is 4.79 Å². The quantitative estimate of drug-likeness (QED) is 0.181. The predicted octanol–water partition coefficient (Wildman–Crippen LogP) is 7.08. The Morgan fingerprint density at radius 3 is 2.46 bits per heavy atom. The van der Waals surface area contributed by atoms with E-state index in [4.69, 9.17) is 15.5 Å². The standard InChI is InChI=1S/C29H23N7O2S/c1-17-16-39-29(31-17)34-28(37)32-20-7-5-6-19(14-20)24-15-23(25-26(30)35-36-27(25)33-24)18-10-12-22(13-11-18)38-21-8-3-2-4-9-21/h2-16H,1H3,(H3,30,33,35,36)(H2,31,32,34,37). The molecular formula is C29H23N7O2S. The second-order valence-electron chi connectivity index (χ2n) is 8.78. The van der Waals surface area contributed by atoms with Crippen LogP contribution in [0.2, 0.25) is 0 Å². The van der Waals surface area contributed by atoms with E-state index >= 15 is 0 Å². The average molecular weight is 534 g/mol. The van der Waals surface area contributed by atoms with Crippen LogP contribution < -0.4 is 21.1 Å². The summed E-state index contributed by atoms with van der Waals surface area (Å²) < 4.78 is 5.94. The minimum atomic E-state index is -0.371. The number of amides is 2. The molecule has 0 unspecified atom stereocenters. The molecule has 192 valence electrons. The molecule has 6 aromatic rings. The molecule has 0 saturated carbocycles. The second kappa shape index (κ2) is 10.3. The van der Waals surface area contributed by atoms with Gasteiger partial charge in [-0.25, -0.2) is 14.8 Å². The number of carbonyl (C=O) groups excluding carboxylic acids is 1. The number of aromatic nitrogens is 4. The van der Waals surface area contributed by atoms with Crippen LogP contribution in [0.3, 0.4) is 0 Å². The Bertz CT molecular complexity index is 1780. The normalized spacial score (nSPS) is 10.9. The van der Waals surface area contributed by atoms with Crippen molar-refractivity contribution in [1.29, 1.82) is 0 Å². The molecule has 0 saturated heterocycles. The summed E-state index contributed by atoms with van der Waals surface area (Å²) in [6.45, 7) is 1.88. The van der Waals surface area contributed by atoms with Crippen molar-refractivity contribution >= 4 is 45.0 Å². The molecule has 3 aromatic carbocycles. The van der Waals surface area contributed by atoms with Crippen LogP contribution in [-0.2, 0) is 0 Å². The number of H-pyrrole nitrogens is 1. The van der Waals surface area contributed by atoms with Crippen molar-refractivity contribution < 1.29 is 9.53 Å². The van der Waals surface area contributed by atoms with Gasteiger partial charge in [0.15, 0.2) is 16.6 Å². The molecule has 2 amide bonds. The van der Waals surface area contributed by atoms with Gasteiger partial charge in [-0.1, -0.05) is 42.5 Å². The summed E-state index contributed by atoms with van der Waals surface area (Å²) in [5.74, 6) is 1.86. The third-order valence-electron chi connectivity index (χ3n) is 5.96. The molecule has 0 radical (unpaired) electrons. The van der Waals surface area contributed by atoms with Crippen LogP contribution in [0.25, 0.3) is 33.4 Å². The molecule has 9 nitrogen and oxygen atoms in total. The van der Waals surface area contributed by atoms with Crippen LogP contribution in [0.4, 0.5) is 21.4 Å². The number of benzene rings is 3. The predicted molar refractivity (Wildman–Crippen MR) is 155 cm³/mol. The zero-order valence-corrected chi connectivity index (χ0v) is 21.6. The number of aryl methyl sites for hydroxylation is 1. The molecule has 3 heterocycles.